The van der Waals surface area contributed by atoms with Crippen LogP contribution in [-0.2, 0) is 9.84 Å². The molecule has 1 rings (SSSR count). The molecule has 0 bridgehead atoms. The molecule has 0 aliphatic heterocycles. The fraction of sp³-hybridized carbons (Fsp3) is 0.417. The van der Waals surface area contributed by atoms with Crippen molar-refractivity contribution >= 4 is 16.1 Å². The van der Waals surface area contributed by atoms with E-state index in [9.17, 15) is 13.6 Å². The van der Waals surface area contributed by atoms with Gasteiger partial charge in [-0.2, -0.15) is 0 Å². The van der Waals surface area contributed by atoms with Gasteiger partial charge in [-0.3, -0.25) is 0 Å². The number of nitrogens with zero attached hydrogens (tertiary/aromatic N) is 1. The monoisotopic (exact) mass is 255 g/mol. The SMILES string of the molecule is CC(C)(C)[N+]([O-])=Cc1cccc(S(C)(=O)=O)c1. The summed E-state index contributed by atoms with van der Waals surface area (Å²) in [4.78, 5) is 0.216. The lowest BCUT2D eigenvalue weighted by Crippen LogP contribution is -2.29. The molecule has 5 heteroatoms. The largest absolute Gasteiger partial charge is 0.623 e. The molecule has 0 N–H and O–H groups in total. The normalized spacial score (nSPS) is 13.8. The highest BCUT2D eigenvalue weighted by Crippen LogP contribution is 2.11. The summed E-state index contributed by atoms with van der Waals surface area (Å²) in [5.74, 6) is 0. The van der Waals surface area contributed by atoms with E-state index in [4.69, 9.17) is 0 Å². The second-order valence-corrected chi connectivity index (χ2v) is 6.99. The van der Waals surface area contributed by atoms with Crippen LogP contribution in [0.1, 0.15) is 26.3 Å². The molecule has 0 saturated heterocycles. The second-order valence-electron chi connectivity index (χ2n) is 4.97. The van der Waals surface area contributed by atoms with Crippen molar-refractivity contribution in [3.63, 3.8) is 0 Å². The summed E-state index contributed by atoms with van der Waals surface area (Å²) in [6.45, 7) is 5.37. The Balaban J connectivity index is 3.19. The van der Waals surface area contributed by atoms with Crippen molar-refractivity contribution in [3.8, 4) is 0 Å². The van der Waals surface area contributed by atoms with Crippen LogP contribution >= 0.6 is 0 Å². The maximum Gasteiger partial charge on any atom is 0.182 e. The summed E-state index contributed by atoms with van der Waals surface area (Å²) in [5, 5.41) is 11.7. The molecule has 1 aromatic carbocycles. The van der Waals surface area contributed by atoms with E-state index >= 15 is 0 Å². The summed E-state index contributed by atoms with van der Waals surface area (Å²) in [6, 6.07) is 6.33. The van der Waals surface area contributed by atoms with E-state index in [-0.39, 0.29) is 4.90 Å². The first-order chi connectivity index (χ1) is 7.60. The fourth-order valence-electron chi connectivity index (χ4n) is 1.15. The van der Waals surface area contributed by atoms with Crippen LogP contribution < -0.4 is 0 Å². The van der Waals surface area contributed by atoms with E-state index in [0.29, 0.717) is 5.56 Å². The van der Waals surface area contributed by atoms with Crippen molar-refractivity contribution < 1.29 is 13.2 Å². The standard InChI is InChI=1S/C12H17NO3S/c1-12(2,3)13(14)9-10-6-5-7-11(8-10)17(4,15)16/h5-9H,1-4H3. The Morgan fingerprint density at radius 1 is 1.29 bits per heavy atom. The van der Waals surface area contributed by atoms with Gasteiger partial charge in [-0.15, -0.1) is 0 Å². The number of hydroxylamine groups is 1. The Morgan fingerprint density at radius 2 is 1.88 bits per heavy atom. The van der Waals surface area contributed by atoms with E-state index in [0.717, 1.165) is 11.0 Å². The summed E-state index contributed by atoms with van der Waals surface area (Å²) >= 11 is 0. The van der Waals surface area contributed by atoms with Gasteiger partial charge < -0.3 is 5.21 Å². The van der Waals surface area contributed by atoms with Gasteiger partial charge in [0, 0.05) is 32.6 Å². The molecular weight excluding hydrogens is 238 g/mol. The smallest absolute Gasteiger partial charge is 0.182 e. The lowest BCUT2D eigenvalue weighted by molar-refractivity contribution is -0.530. The zero-order valence-corrected chi connectivity index (χ0v) is 11.3. The molecule has 0 atom stereocenters. The molecule has 0 heterocycles. The molecule has 0 aliphatic carbocycles. The van der Waals surface area contributed by atoms with E-state index in [2.05, 4.69) is 0 Å². The van der Waals surface area contributed by atoms with E-state index in [1.807, 2.05) is 0 Å². The molecule has 0 unspecified atom stereocenters. The Bertz CT molecular complexity index is 539. The lowest BCUT2D eigenvalue weighted by atomic mass is 10.1. The Labute approximate surface area is 102 Å². The van der Waals surface area contributed by atoms with Gasteiger partial charge in [0.05, 0.1) is 4.90 Å². The fourth-order valence-corrected chi connectivity index (χ4v) is 1.83. The summed E-state index contributed by atoms with van der Waals surface area (Å²) in [5.41, 5.74) is 0.0408. The van der Waals surface area contributed by atoms with Crippen molar-refractivity contribution in [2.75, 3.05) is 6.26 Å². The molecule has 0 radical (unpaired) electrons. The minimum Gasteiger partial charge on any atom is -0.623 e. The average Bonchev–Trinajstić information content (AvgIpc) is 2.15. The number of sulfone groups is 1. The topological polar surface area (TPSA) is 60.2 Å². The van der Waals surface area contributed by atoms with E-state index < -0.39 is 15.4 Å². The van der Waals surface area contributed by atoms with Gasteiger partial charge in [0.15, 0.2) is 21.6 Å². The molecule has 0 fully saturated rings. The van der Waals surface area contributed by atoms with Crippen molar-refractivity contribution in [1.29, 1.82) is 0 Å². The third-order valence-electron chi connectivity index (χ3n) is 2.21. The molecule has 4 nitrogen and oxygen atoms in total. The van der Waals surface area contributed by atoms with Crippen molar-refractivity contribution in [2.24, 2.45) is 0 Å². The molecule has 0 saturated carbocycles. The number of hydrogen-bond acceptors (Lipinski definition) is 3. The van der Waals surface area contributed by atoms with Gasteiger partial charge in [-0.25, -0.2) is 13.2 Å². The lowest BCUT2D eigenvalue weighted by Gasteiger charge is -2.18. The van der Waals surface area contributed by atoms with Crippen LogP contribution in [0.2, 0.25) is 0 Å². The van der Waals surface area contributed by atoms with Gasteiger partial charge in [0.25, 0.3) is 0 Å². The third-order valence-corrected chi connectivity index (χ3v) is 3.32. The second kappa shape index (κ2) is 4.49. The highest BCUT2D eigenvalue weighted by Gasteiger charge is 2.18. The Kier molecular flexibility index (Phi) is 3.62. The van der Waals surface area contributed by atoms with Gasteiger partial charge in [0.1, 0.15) is 0 Å². The van der Waals surface area contributed by atoms with Crippen LogP contribution in [0.15, 0.2) is 29.2 Å². The van der Waals surface area contributed by atoms with Crippen molar-refractivity contribution in [2.45, 2.75) is 31.2 Å². The minimum absolute atomic E-state index is 0.216. The molecule has 0 spiro atoms. The Morgan fingerprint density at radius 3 is 2.35 bits per heavy atom. The molecular formula is C12H17NO3S. The first kappa shape index (κ1) is 13.7. The molecule has 0 amide bonds. The highest BCUT2D eigenvalue weighted by atomic mass is 32.2. The third kappa shape index (κ3) is 3.85. The number of hydrogen-bond donors (Lipinski definition) is 0. The molecule has 94 valence electrons. The van der Waals surface area contributed by atoms with Gasteiger partial charge in [-0.05, 0) is 18.2 Å². The Hall–Kier alpha value is -1.36. The van der Waals surface area contributed by atoms with Crippen LogP contribution in [0.4, 0.5) is 0 Å². The zero-order valence-electron chi connectivity index (χ0n) is 10.5. The van der Waals surface area contributed by atoms with Crippen LogP contribution in [0.5, 0.6) is 0 Å². The van der Waals surface area contributed by atoms with E-state index in [1.165, 1.54) is 18.3 Å². The summed E-state index contributed by atoms with van der Waals surface area (Å²) in [7, 11) is -3.24. The molecule has 17 heavy (non-hydrogen) atoms. The average molecular weight is 255 g/mol. The predicted octanol–water partition coefficient (Wildman–Crippen LogP) is 1.82. The quantitative estimate of drug-likeness (QED) is 0.350. The van der Waals surface area contributed by atoms with E-state index in [1.54, 1.807) is 32.9 Å². The molecule has 0 aliphatic rings. The first-order valence-corrected chi connectivity index (χ1v) is 7.11. The van der Waals surface area contributed by atoms with Crippen LogP contribution in [0.3, 0.4) is 0 Å². The number of benzene rings is 1. The predicted molar refractivity (Wildman–Crippen MR) is 68.1 cm³/mol. The maximum absolute atomic E-state index is 11.7. The molecule has 1 aromatic rings. The van der Waals surface area contributed by atoms with Crippen molar-refractivity contribution in [1.82, 2.24) is 0 Å². The summed E-state index contributed by atoms with van der Waals surface area (Å²) in [6.07, 6.45) is 2.54. The van der Waals surface area contributed by atoms with Crippen LogP contribution in [0.25, 0.3) is 0 Å². The van der Waals surface area contributed by atoms with Gasteiger partial charge in [-0.1, -0.05) is 6.07 Å². The van der Waals surface area contributed by atoms with Gasteiger partial charge in [0.2, 0.25) is 0 Å². The first-order valence-electron chi connectivity index (χ1n) is 5.22. The zero-order chi connectivity index (χ0) is 13.3. The highest BCUT2D eigenvalue weighted by molar-refractivity contribution is 7.90. The van der Waals surface area contributed by atoms with Gasteiger partial charge >= 0.3 is 0 Å². The van der Waals surface area contributed by atoms with Crippen LogP contribution in [-0.4, -0.2) is 31.2 Å². The minimum atomic E-state index is -3.24. The number of rotatable bonds is 2. The summed E-state index contributed by atoms with van der Waals surface area (Å²) < 4.78 is 23.5. The van der Waals surface area contributed by atoms with Crippen LogP contribution in [0, 0.1) is 5.21 Å². The maximum atomic E-state index is 11.7. The molecule has 0 aromatic heterocycles. The van der Waals surface area contributed by atoms with Crippen molar-refractivity contribution in [3.05, 3.63) is 35.0 Å².